The Morgan fingerprint density at radius 1 is 1.39 bits per heavy atom. The molecule has 1 aliphatic heterocycles. The van der Waals surface area contributed by atoms with Crippen molar-refractivity contribution in [1.29, 1.82) is 0 Å². The van der Waals surface area contributed by atoms with Crippen LogP contribution in [0.25, 0.3) is 0 Å². The monoisotopic (exact) mass is 408 g/mol. The Kier molecular flexibility index (Phi) is 5.78. The summed E-state index contributed by atoms with van der Waals surface area (Å²) in [5.74, 6) is -0.222. The lowest BCUT2D eigenvalue weighted by molar-refractivity contribution is -0.123. The summed E-state index contributed by atoms with van der Waals surface area (Å²) in [5.41, 5.74) is 4.57. The molecule has 28 heavy (non-hydrogen) atoms. The number of hydrogen-bond acceptors (Lipinski definition) is 6. The average Bonchev–Trinajstić information content (AvgIpc) is 3.14. The van der Waals surface area contributed by atoms with Crippen LogP contribution in [0.3, 0.4) is 0 Å². The number of sulfone groups is 1. The van der Waals surface area contributed by atoms with Gasteiger partial charge in [-0.3, -0.25) is 9.48 Å². The molecule has 0 saturated carbocycles. The summed E-state index contributed by atoms with van der Waals surface area (Å²) in [6, 6.07) is 5.16. The number of hydrazone groups is 1. The Bertz CT molecular complexity index is 999. The predicted octanol–water partition coefficient (Wildman–Crippen LogP) is 1.53. The lowest BCUT2D eigenvalue weighted by atomic mass is 10.2. The Morgan fingerprint density at radius 2 is 2.11 bits per heavy atom. The highest BCUT2D eigenvalue weighted by Crippen LogP contribution is 2.26. The zero-order valence-electron chi connectivity index (χ0n) is 15.6. The highest BCUT2D eigenvalue weighted by atomic mass is 32.2. The third-order valence-electron chi connectivity index (χ3n) is 4.50. The van der Waals surface area contributed by atoms with E-state index in [0.717, 1.165) is 11.3 Å². The minimum atomic E-state index is -3.01. The van der Waals surface area contributed by atoms with Gasteiger partial charge in [-0.25, -0.2) is 18.2 Å². The molecule has 0 aliphatic carbocycles. The van der Waals surface area contributed by atoms with Gasteiger partial charge in [0.1, 0.15) is 11.6 Å². The number of nitrogens with zero attached hydrogens (tertiary/aromatic N) is 3. The first-order chi connectivity index (χ1) is 13.2. The second-order valence-electron chi connectivity index (χ2n) is 6.62. The molecule has 1 aliphatic rings. The smallest absolute Gasteiger partial charge is 0.277 e. The Labute approximate surface area is 162 Å². The minimum Gasteiger partial charge on any atom is -0.484 e. The van der Waals surface area contributed by atoms with Gasteiger partial charge in [-0.1, -0.05) is 0 Å². The Morgan fingerprint density at radius 3 is 2.75 bits per heavy atom. The fourth-order valence-corrected chi connectivity index (χ4v) is 4.76. The number of rotatable bonds is 6. The van der Waals surface area contributed by atoms with Crippen LogP contribution in [0.2, 0.25) is 0 Å². The summed E-state index contributed by atoms with van der Waals surface area (Å²) in [6.45, 7) is 3.37. The van der Waals surface area contributed by atoms with Crippen LogP contribution in [0.1, 0.15) is 29.4 Å². The summed E-state index contributed by atoms with van der Waals surface area (Å²) < 4.78 is 43.2. The summed E-state index contributed by atoms with van der Waals surface area (Å²) in [7, 11) is -3.01. The third kappa shape index (κ3) is 4.75. The van der Waals surface area contributed by atoms with Crippen LogP contribution in [0.15, 0.2) is 29.4 Å². The molecule has 2 heterocycles. The van der Waals surface area contributed by atoms with Gasteiger partial charge >= 0.3 is 0 Å². The second kappa shape index (κ2) is 8.09. The van der Waals surface area contributed by atoms with Crippen molar-refractivity contribution in [2.24, 2.45) is 5.10 Å². The van der Waals surface area contributed by atoms with Gasteiger partial charge in [0.25, 0.3) is 5.91 Å². The van der Waals surface area contributed by atoms with E-state index < -0.39 is 15.7 Å². The van der Waals surface area contributed by atoms with Gasteiger partial charge in [0.05, 0.1) is 29.5 Å². The van der Waals surface area contributed by atoms with E-state index in [1.807, 2.05) is 6.92 Å². The van der Waals surface area contributed by atoms with Crippen molar-refractivity contribution in [2.75, 3.05) is 18.1 Å². The number of amides is 1. The molecule has 1 aromatic carbocycles. The minimum absolute atomic E-state index is 0.0863. The van der Waals surface area contributed by atoms with Crippen LogP contribution in [-0.2, 0) is 14.6 Å². The summed E-state index contributed by atoms with van der Waals surface area (Å²) in [4.78, 5) is 11.8. The molecule has 3 rings (SSSR count). The molecule has 0 radical (unpaired) electrons. The van der Waals surface area contributed by atoms with Crippen LogP contribution >= 0.6 is 0 Å². The molecule has 0 bridgehead atoms. The molecule has 1 amide bonds. The van der Waals surface area contributed by atoms with E-state index in [2.05, 4.69) is 15.6 Å². The van der Waals surface area contributed by atoms with E-state index in [9.17, 15) is 17.6 Å². The molecule has 0 unspecified atom stereocenters. The highest BCUT2D eigenvalue weighted by molar-refractivity contribution is 7.91. The zero-order valence-corrected chi connectivity index (χ0v) is 16.4. The quantitative estimate of drug-likeness (QED) is 0.577. The highest BCUT2D eigenvalue weighted by Gasteiger charge is 2.31. The third-order valence-corrected chi connectivity index (χ3v) is 6.25. The molecule has 10 heteroatoms. The first kappa shape index (κ1) is 20.0. The lowest BCUT2D eigenvalue weighted by Gasteiger charge is -2.10. The molecule has 150 valence electrons. The standard InChI is InChI=1S/C18H21FN4O4S/c1-12-17(13(2)23(22-12)15-7-8-28(25,26)11-15)9-20-21-18(24)10-27-16-5-3-14(19)4-6-16/h3-6,9,15H,7-8,10-11H2,1-2H3,(H,21,24)/b20-9-/t15-/m1/s1. The first-order valence-electron chi connectivity index (χ1n) is 8.71. The van der Waals surface area contributed by atoms with Gasteiger partial charge in [-0.05, 0) is 44.5 Å². The summed E-state index contributed by atoms with van der Waals surface area (Å²) in [5, 5.41) is 8.35. The number of carbonyl (C=O) groups is 1. The second-order valence-corrected chi connectivity index (χ2v) is 8.85. The van der Waals surface area contributed by atoms with E-state index in [4.69, 9.17) is 4.74 Å². The number of nitrogens with one attached hydrogen (secondary N) is 1. The predicted molar refractivity (Wildman–Crippen MR) is 102 cm³/mol. The van der Waals surface area contributed by atoms with Gasteiger partial charge < -0.3 is 4.74 Å². The van der Waals surface area contributed by atoms with Crippen molar-refractivity contribution in [3.63, 3.8) is 0 Å². The number of aromatic nitrogens is 2. The topological polar surface area (TPSA) is 103 Å². The first-order valence-corrected chi connectivity index (χ1v) is 10.5. The van der Waals surface area contributed by atoms with Crippen LogP contribution in [0.5, 0.6) is 5.75 Å². The van der Waals surface area contributed by atoms with Crippen LogP contribution in [-0.4, -0.2) is 48.4 Å². The van der Waals surface area contributed by atoms with Crippen molar-refractivity contribution >= 4 is 22.0 Å². The molecule has 1 aromatic heterocycles. The summed E-state index contributed by atoms with van der Waals surface area (Å²) >= 11 is 0. The number of benzene rings is 1. The normalized spacial score (nSPS) is 18.5. The molecule has 8 nitrogen and oxygen atoms in total. The van der Waals surface area contributed by atoms with Gasteiger partial charge in [-0.2, -0.15) is 10.2 Å². The fourth-order valence-electron chi connectivity index (χ4n) is 3.07. The molecular formula is C18H21FN4O4S. The summed E-state index contributed by atoms with van der Waals surface area (Å²) in [6.07, 6.45) is 2.02. The zero-order chi connectivity index (χ0) is 20.3. The van der Waals surface area contributed by atoms with Gasteiger partial charge in [0, 0.05) is 11.3 Å². The van der Waals surface area contributed by atoms with Crippen molar-refractivity contribution in [1.82, 2.24) is 15.2 Å². The maximum absolute atomic E-state index is 12.8. The van der Waals surface area contributed by atoms with Crippen molar-refractivity contribution in [2.45, 2.75) is 26.3 Å². The van der Waals surface area contributed by atoms with E-state index >= 15 is 0 Å². The van der Waals surface area contributed by atoms with Gasteiger partial charge in [-0.15, -0.1) is 0 Å². The number of hydrogen-bond donors (Lipinski definition) is 1. The molecule has 1 atom stereocenters. The molecule has 1 saturated heterocycles. The number of aryl methyl sites for hydroxylation is 1. The van der Waals surface area contributed by atoms with Gasteiger partial charge in [0.15, 0.2) is 16.4 Å². The van der Waals surface area contributed by atoms with E-state index in [0.29, 0.717) is 17.9 Å². The van der Waals surface area contributed by atoms with Crippen LogP contribution in [0, 0.1) is 19.7 Å². The molecule has 1 fully saturated rings. The Hall–Kier alpha value is -2.75. The van der Waals surface area contributed by atoms with Crippen LogP contribution in [0.4, 0.5) is 4.39 Å². The van der Waals surface area contributed by atoms with E-state index in [-0.39, 0.29) is 30.0 Å². The molecule has 1 N–H and O–H groups in total. The molecular weight excluding hydrogens is 387 g/mol. The van der Waals surface area contributed by atoms with Crippen molar-refractivity contribution in [3.8, 4) is 5.75 Å². The van der Waals surface area contributed by atoms with E-state index in [1.54, 1.807) is 11.6 Å². The Balaban J connectivity index is 1.58. The maximum atomic E-state index is 12.8. The SMILES string of the molecule is Cc1nn([C@@H]2CCS(=O)(=O)C2)c(C)c1/C=N\NC(=O)COc1ccc(F)cc1. The number of ether oxygens (including phenoxy) is 1. The fraction of sp³-hybridized carbons (Fsp3) is 0.389. The van der Waals surface area contributed by atoms with Crippen molar-refractivity contribution in [3.05, 3.63) is 47.0 Å². The van der Waals surface area contributed by atoms with Gasteiger partial charge in [0.2, 0.25) is 0 Å². The number of carbonyl (C=O) groups excluding carboxylic acids is 1. The number of halogens is 1. The van der Waals surface area contributed by atoms with Crippen molar-refractivity contribution < 1.29 is 22.3 Å². The molecule has 2 aromatic rings. The maximum Gasteiger partial charge on any atom is 0.277 e. The lowest BCUT2D eigenvalue weighted by Crippen LogP contribution is -2.24. The molecule has 0 spiro atoms. The van der Waals surface area contributed by atoms with E-state index in [1.165, 1.54) is 30.5 Å². The largest absolute Gasteiger partial charge is 0.484 e. The van der Waals surface area contributed by atoms with Crippen LogP contribution < -0.4 is 10.2 Å². The average molecular weight is 408 g/mol.